The number of carbonyl (C=O) groups excluding carboxylic acids is 1. The second-order valence-electron chi connectivity index (χ2n) is 6.03. The molecule has 6 nitrogen and oxygen atoms in total. The molecule has 1 N–H and O–H groups in total. The van der Waals surface area contributed by atoms with E-state index in [9.17, 15) is 13.2 Å². The molecule has 0 unspecified atom stereocenters. The highest BCUT2D eigenvalue weighted by Crippen LogP contribution is 2.28. The number of carbonyl (C=O) groups is 1. The molecular weight excluding hydrogens is 376 g/mol. The number of hydrogen-bond acceptors (Lipinski definition) is 4. The van der Waals surface area contributed by atoms with Crippen LogP contribution in [0.25, 0.3) is 0 Å². The summed E-state index contributed by atoms with van der Waals surface area (Å²) in [6, 6.07) is 9.89. The molecule has 0 heterocycles. The Morgan fingerprint density at radius 1 is 1.15 bits per heavy atom. The van der Waals surface area contributed by atoms with E-state index >= 15 is 0 Å². The van der Waals surface area contributed by atoms with Gasteiger partial charge in [0.1, 0.15) is 5.75 Å². The van der Waals surface area contributed by atoms with Gasteiger partial charge in [-0.15, -0.1) is 0 Å². The van der Waals surface area contributed by atoms with E-state index in [1.54, 1.807) is 0 Å². The van der Waals surface area contributed by atoms with Gasteiger partial charge in [-0.1, -0.05) is 23.7 Å². The monoisotopic (exact) mass is 396 g/mol. The van der Waals surface area contributed by atoms with Crippen LogP contribution in [0.3, 0.4) is 0 Å². The van der Waals surface area contributed by atoms with Crippen molar-refractivity contribution in [1.82, 2.24) is 4.31 Å². The van der Waals surface area contributed by atoms with Crippen LogP contribution in [0.4, 0.5) is 5.69 Å². The number of halogens is 1. The molecule has 0 radical (unpaired) electrons. The highest BCUT2D eigenvalue weighted by molar-refractivity contribution is 7.89. The summed E-state index contributed by atoms with van der Waals surface area (Å²) in [6.45, 7) is 3.60. The summed E-state index contributed by atoms with van der Waals surface area (Å²) in [5, 5.41) is 2.90. The normalized spacial score (nSPS) is 11.5. The predicted octanol–water partition coefficient (Wildman–Crippen LogP) is 3.22. The number of anilines is 1. The van der Waals surface area contributed by atoms with Crippen molar-refractivity contribution in [2.24, 2.45) is 0 Å². The largest absolute Gasteiger partial charge is 0.482 e. The Kier molecular flexibility index (Phi) is 6.28. The summed E-state index contributed by atoms with van der Waals surface area (Å²) in [4.78, 5) is 12.1. The van der Waals surface area contributed by atoms with Gasteiger partial charge in [0.15, 0.2) is 6.61 Å². The van der Waals surface area contributed by atoms with Gasteiger partial charge >= 0.3 is 0 Å². The van der Waals surface area contributed by atoms with Crippen LogP contribution in [-0.4, -0.2) is 39.3 Å². The summed E-state index contributed by atoms with van der Waals surface area (Å²) >= 11 is 6.09. The third kappa shape index (κ3) is 4.75. The Labute approximate surface area is 158 Å². The number of hydrogen-bond donors (Lipinski definition) is 1. The molecule has 0 aliphatic rings. The van der Waals surface area contributed by atoms with Gasteiger partial charge < -0.3 is 10.1 Å². The minimum absolute atomic E-state index is 0.0553. The number of nitrogens with zero attached hydrogens (tertiary/aromatic N) is 1. The molecule has 0 fully saturated rings. The number of ether oxygens (including phenoxy) is 1. The van der Waals surface area contributed by atoms with Gasteiger partial charge in [0.2, 0.25) is 10.0 Å². The van der Waals surface area contributed by atoms with Gasteiger partial charge in [-0.05, 0) is 49.2 Å². The highest BCUT2D eigenvalue weighted by Gasteiger charge is 2.19. The number of amides is 1. The minimum atomic E-state index is -3.58. The van der Waals surface area contributed by atoms with Crippen molar-refractivity contribution >= 4 is 33.2 Å². The number of benzene rings is 2. The fourth-order valence-electron chi connectivity index (χ4n) is 2.17. The Morgan fingerprint density at radius 2 is 1.85 bits per heavy atom. The molecule has 2 rings (SSSR count). The lowest BCUT2D eigenvalue weighted by molar-refractivity contribution is -0.118. The van der Waals surface area contributed by atoms with Crippen molar-refractivity contribution < 1.29 is 17.9 Å². The molecule has 0 spiro atoms. The SMILES string of the molecule is Cc1ccc(C)c(NC(=O)COc2ccc(S(=O)(=O)N(C)C)cc2Cl)c1. The van der Waals surface area contributed by atoms with Gasteiger partial charge in [-0.3, -0.25) is 4.79 Å². The zero-order valence-corrected chi connectivity index (χ0v) is 16.6. The highest BCUT2D eigenvalue weighted by atomic mass is 35.5. The first kappa shape index (κ1) is 20.2. The summed E-state index contributed by atoms with van der Waals surface area (Å²) in [7, 11) is -0.711. The van der Waals surface area contributed by atoms with Crippen molar-refractivity contribution in [3.63, 3.8) is 0 Å². The second-order valence-corrected chi connectivity index (χ2v) is 8.59. The first-order valence-electron chi connectivity index (χ1n) is 7.83. The second kappa shape index (κ2) is 8.07. The van der Waals surface area contributed by atoms with Crippen molar-refractivity contribution in [2.75, 3.05) is 26.0 Å². The van der Waals surface area contributed by atoms with E-state index in [1.165, 1.54) is 32.3 Å². The van der Waals surface area contributed by atoms with Crippen LogP contribution < -0.4 is 10.1 Å². The van der Waals surface area contributed by atoms with Crippen LogP contribution in [0.1, 0.15) is 11.1 Å². The van der Waals surface area contributed by atoms with Crippen LogP contribution in [0.15, 0.2) is 41.3 Å². The zero-order chi connectivity index (χ0) is 19.5. The molecule has 0 aliphatic carbocycles. The summed E-state index contributed by atoms with van der Waals surface area (Å²) in [6.07, 6.45) is 0. The summed E-state index contributed by atoms with van der Waals surface area (Å²) in [5.74, 6) is -0.0970. The molecule has 2 aromatic rings. The number of sulfonamides is 1. The smallest absolute Gasteiger partial charge is 0.262 e. The number of rotatable bonds is 6. The van der Waals surface area contributed by atoms with E-state index in [-0.39, 0.29) is 28.2 Å². The fraction of sp³-hybridized carbons (Fsp3) is 0.278. The maximum atomic E-state index is 12.1. The maximum absolute atomic E-state index is 12.1. The van der Waals surface area contributed by atoms with E-state index in [0.717, 1.165) is 21.1 Å². The van der Waals surface area contributed by atoms with Crippen LogP contribution in [-0.2, 0) is 14.8 Å². The van der Waals surface area contributed by atoms with Gasteiger partial charge in [0.05, 0.1) is 9.92 Å². The van der Waals surface area contributed by atoms with Crippen LogP contribution in [0.2, 0.25) is 5.02 Å². The van der Waals surface area contributed by atoms with Crippen LogP contribution in [0.5, 0.6) is 5.75 Å². The molecule has 2 aromatic carbocycles. The Bertz CT molecular complexity index is 927. The third-order valence-electron chi connectivity index (χ3n) is 3.71. The Hall–Kier alpha value is -2.09. The average Bonchev–Trinajstić information content (AvgIpc) is 2.56. The van der Waals surface area contributed by atoms with E-state index < -0.39 is 10.0 Å². The standard InChI is InChI=1S/C18H21ClN2O4S/c1-12-5-6-13(2)16(9-12)20-18(22)11-25-17-8-7-14(10-15(17)19)26(23,24)21(3)4/h5-10H,11H2,1-4H3,(H,20,22). The summed E-state index contributed by atoms with van der Waals surface area (Å²) in [5.41, 5.74) is 2.70. The first-order chi connectivity index (χ1) is 12.1. The van der Waals surface area contributed by atoms with Gasteiger partial charge in [0.25, 0.3) is 5.91 Å². The molecule has 0 saturated carbocycles. The Balaban J connectivity index is 2.05. The molecule has 0 bridgehead atoms. The Morgan fingerprint density at radius 3 is 2.46 bits per heavy atom. The van der Waals surface area contributed by atoms with Gasteiger partial charge in [-0.25, -0.2) is 12.7 Å². The molecule has 26 heavy (non-hydrogen) atoms. The van der Waals surface area contributed by atoms with E-state index in [1.807, 2.05) is 32.0 Å². The van der Waals surface area contributed by atoms with Crippen LogP contribution >= 0.6 is 11.6 Å². The quantitative estimate of drug-likeness (QED) is 0.813. The zero-order valence-electron chi connectivity index (χ0n) is 15.0. The van der Waals surface area contributed by atoms with E-state index in [2.05, 4.69) is 5.32 Å². The molecule has 0 atom stereocenters. The molecule has 0 aromatic heterocycles. The molecule has 140 valence electrons. The molecule has 8 heteroatoms. The lowest BCUT2D eigenvalue weighted by Gasteiger charge is -2.14. The van der Waals surface area contributed by atoms with E-state index in [4.69, 9.17) is 16.3 Å². The van der Waals surface area contributed by atoms with Crippen LogP contribution in [0, 0.1) is 13.8 Å². The minimum Gasteiger partial charge on any atom is -0.482 e. The van der Waals surface area contributed by atoms with Gasteiger partial charge in [-0.2, -0.15) is 0 Å². The van der Waals surface area contributed by atoms with Gasteiger partial charge in [0, 0.05) is 19.8 Å². The van der Waals surface area contributed by atoms with Crippen molar-refractivity contribution in [1.29, 1.82) is 0 Å². The molecular formula is C18H21ClN2O4S. The topological polar surface area (TPSA) is 75.7 Å². The third-order valence-corrected chi connectivity index (χ3v) is 5.81. The number of aryl methyl sites for hydroxylation is 2. The first-order valence-corrected chi connectivity index (χ1v) is 9.65. The average molecular weight is 397 g/mol. The van der Waals surface area contributed by atoms with Crippen molar-refractivity contribution in [3.05, 3.63) is 52.5 Å². The molecule has 1 amide bonds. The molecule has 0 saturated heterocycles. The predicted molar refractivity (Wildman–Crippen MR) is 102 cm³/mol. The fourth-order valence-corrected chi connectivity index (χ4v) is 3.40. The van der Waals surface area contributed by atoms with E-state index in [0.29, 0.717) is 0 Å². The van der Waals surface area contributed by atoms with Crippen molar-refractivity contribution in [2.45, 2.75) is 18.7 Å². The lowest BCUT2D eigenvalue weighted by atomic mass is 10.1. The summed E-state index contributed by atoms with van der Waals surface area (Å²) < 4.78 is 30.7. The maximum Gasteiger partial charge on any atom is 0.262 e. The lowest BCUT2D eigenvalue weighted by Crippen LogP contribution is -2.22. The number of nitrogens with one attached hydrogen (secondary N) is 1. The van der Waals surface area contributed by atoms with Crippen molar-refractivity contribution in [3.8, 4) is 5.75 Å². The molecule has 0 aliphatic heterocycles.